The highest BCUT2D eigenvalue weighted by Gasteiger charge is 2.37. The summed E-state index contributed by atoms with van der Waals surface area (Å²) >= 11 is 0. The van der Waals surface area contributed by atoms with Crippen LogP contribution < -0.4 is 0 Å². The smallest absolute Gasteiger partial charge is 0.187 e. The molecule has 0 amide bonds. The first-order valence-corrected chi connectivity index (χ1v) is 7.76. The van der Waals surface area contributed by atoms with Crippen LogP contribution in [-0.2, 0) is 9.84 Å². The topological polar surface area (TPSA) is 54.4 Å². The maximum absolute atomic E-state index is 12.5. The lowest BCUT2D eigenvalue weighted by Gasteiger charge is -2.31. The fourth-order valence-electron chi connectivity index (χ4n) is 1.80. The highest BCUT2D eigenvalue weighted by molar-refractivity contribution is 7.92. The SMILES string of the molecule is C=CC(C(O)C(C)(C)C)S(=O)(=O)c1ccc(C)cc1. The molecule has 1 rings (SSSR count). The quantitative estimate of drug-likeness (QED) is 0.864. The lowest BCUT2D eigenvalue weighted by atomic mass is 9.87. The summed E-state index contributed by atoms with van der Waals surface area (Å²) in [5.74, 6) is 0. The predicted octanol–water partition coefficient (Wildman–Crippen LogP) is 2.73. The third-order valence-electron chi connectivity index (χ3n) is 3.14. The number of hydrogen-bond donors (Lipinski definition) is 1. The minimum atomic E-state index is -3.62. The van der Waals surface area contributed by atoms with Gasteiger partial charge in [0, 0.05) is 0 Å². The van der Waals surface area contributed by atoms with Crippen LogP contribution in [0.15, 0.2) is 41.8 Å². The molecule has 3 nitrogen and oxygen atoms in total. The standard InChI is InChI=1S/C15H22O3S/c1-6-13(14(16)15(3,4)5)19(17,18)12-9-7-11(2)8-10-12/h6-10,13-14,16H,1H2,2-5H3. The van der Waals surface area contributed by atoms with Gasteiger partial charge in [-0.3, -0.25) is 0 Å². The van der Waals surface area contributed by atoms with E-state index < -0.39 is 26.6 Å². The van der Waals surface area contributed by atoms with Crippen LogP contribution in [0.5, 0.6) is 0 Å². The Bertz CT molecular complexity index is 536. The number of hydrogen-bond acceptors (Lipinski definition) is 3. The summed E-state index contributed by atoms with van der Waals surface area (Å²) in [6.07, 6.45) is 0.307. The molecule has 0 bridgehead atoms. The summed E-state index contributed by atoms with van der Waals surface area (Å²) < 4.78 is 25.1. The van der Waals surface area contributed by atoms with Crippen molar-refractivity contribution in [3.63, 3.8) is 0 Å². The van der Waals surface area contributed by atoms with Gasteiger partial charge in [-0.05, 0) is 24.5 Å². The number of aryl methyl sites for hydroxylation is 1. The van der Waals surface area contributed by atoms with Crippen LogP contribution in [-0.4, -0.2) is 24.9 Å². The molecule has 1 aromatic carbocycles. The van der Waals surface area contributed by atoms with Gasteiger partial charge in [-0.2, -0.15) is 0 Å². The molecule has 0 aliphatic rings. The average molecular weight is 282 g/mol. The van der Waals surface area contributed by atoms with E-state index in [-0.39, 0.29) is 4.90 Å². The monoisotopic (exact) mass is 282 g/mol. The highest BCUT2D eigenvalue weighted by atomic mass is 32.2. The van der Waals surface area contributed by atoms with Gasteiger partial charge >= 0.3 is 0 Å². The number of sulfone groups is 1. The second-order valence-corrected chi connectivity index (χ2v) is 7.97. The molecule has 2 unspecified atom stereocenters. The van der Waals surface area contributed by atoms with Gasteiger partial charge in [-0.15, -0.1) is 6.58 Å². The van der Waals surface area contributed by atoms with Crippen molar-refractivity contribution < 1.29 is 13.5 Å². The van der Waals surface area contributed by atoms with Crippen LogP contribution in [0.25, 0.3) is 0 Å². The summed E-state index contributed by atoms with van der Waals surface area (Å²) in [6.45, 7) is 10.9. The van der Waals surface area contributed by atoms with Crippen LogP contribution >= 0.6 is 0 Å². The van der Waals surface area contributed by atoms with Crippen molar-refractivity contribution in [3.8, 4) is 0 Å². The Hall–Kier alpha value is -1.13. The van der Waals surface area contributed by atoms with Gasteiger partial charge in [0.15, 0.2) is 9.84 Å². The fraction of sp³-hybridized carbons (Fsp3) is 0.467. The van der Waals surface area contributed by atoms with Crippen LogP contribution in [0.2, 0.25) is 0 Å². The Morgan fingerprint density at radius 2 is 1.68 bits per heavy atom. The maximum Gasteiger partial charge on any atom is 0.187 e. The molecular formula is C15H22O3S. The van der Waals surface area contributed by atoms with E-state index >= 15 is 0 Å². The number of rotatable bonds is 4. The molecule has 1 N–H and O–H groups in total. The second kappa shape index (κ2) is 5.47. The largest absolute Gasteiger partial charge is 0.391 e. The van der Waals surface area contributed by atoms with Crippen molar-refractivity contribution >= 4 is 9.84 Å². The molecule has 0 aromatic heterocycles. The van der Waals surface area contributed by atoms with E-state index in [0.29, 0.717) is 0 Å². The van der Waals surface area contributed by atoms with Gasteiger partial charge in [0.1, 0.15) is 5.25 Å². The van der Waals surface area contributed by atoms with E-state index in [9.17, 15) is 13.5 Å². The van der Waals surface area contributed by atoms with E-state index in [1.54, 1.807) is 45.0 Å². The van der Waals surface area contributed by atoms with E-state index in [0.717, 1.165) is 5.56 Å². The van der Waals surface area contributed by atoms with Gasteiger partial charge in [-0.25, -0.2) is 8.42 Å². The minimum Gasteiger partial charge on any atom is -0.391 e. The molecule has 4 heteroatoms. The van der Waals surface area contributed by atoms with Gasteiger partial charge in [0.25, 0.3) is 0 Å². The molecule has 2 atom stereocenters. The molecule has 19 heavy (non-hydrogen) atoms. The van der Waals surface area contributed by atoms with Crippen molar-refractivity contribution in [1.29, 1.82) is 0 Å². The van der Waals surface area contributed by atoms with Crippen LogP contribution in [0, 0.1) is 12.3 Å². The summed E-state index contributed by atoms with van der Waals surface area (Å²) in [7, 11) is -3.62. The Balaban J connectivity index is 3.24. The van der Waals surface area contributed by atoms with Gasteiger partial charge in [0.05, 0.1) is 11.0 Å². The molecule has 0 fully saturated rings. The Morgan fingerprint density at radius 3 is 2.05 bits per heavy atom. The molecule has 0 aliphatic heterocycles. The lowest BCUT2D eigenvalue weighted by Crippen LogP contribution is -2.41. The highest BCUT2D eigenvalue weighted by Crippen LogP contribution is 2.29. The van der Waals surface area contributed by atoms with E-state index in [1.165, 1.54) is 6.08 Å². The van der Waals surface area contributed by atoms with Crippen molar-refractivity contribution in [1.82, 2.24) is 0 Å². The molecule has 0 saturated carbocycles. The number of aliphatic hydroxyl groups excluding tert-OH is 1. The molecule has 0 radical (unpaired) electrons. The minimum absolute atomic E-state index is 0.214. The average Bonchev–Trinajstić information content (AvgIpc) is 2.28. The number of benzene rings is 1. The van der Waals surface area contributed by atoms with Crippen LogP contribution in [0.1, 0.15) is 26.3 Å². The summed E-state index contributed by atoms with van der Waals surface area (Å²) in [5, 5.41) is 9.24. The van der Waals surface area contributed by atoms with Crippen LogP contribution in [0.4, 0.5) is 0 Å². The predicted molar refractivity (Wildman–Crippen MR) is 77.8 cm³/mol. The first-order chi connectivity index (χ1) is 8.60. The van der Waals surface area contributed by atoms with Gasteiger partial charge in [0.2, 0.25) is 0 Å². The Morgan fingerprint density at radius 1 is 1.21 bits per heavy atom. The van der Waals surface area contributed by atoms with E-state index in [1.807, 2.05) is 6.92 Å². The van der Waals surface area contributed by atoms with Crippen molar-refractivity contribution in [2.45, 2.75) is 43.9 Å². The Kier molecular flexibility index (Phi) is 4.59. The van der Waals surface area contributed by atoms with E-state index in [2.05, 4.69) is 6.58 Å². The second-order valence-electron chi connectivity index (χ2n) is 5.87. The molecule has 0 aliphatic carbocycles. The molecule has 0 heterocycles. The fourth-order valence-corrected chi connectivity index (χ4v) is 3.63. The van der Waals surface area contributed by atoms with Gasteiger partial charge < -0.3 is 5.11 Å². The summed E-state index contributed by atoms with van der Waals surface area (Å²) in [6, 6.07) is 6.63. The van der Waals surface area contributed by atoms with Crippen molar-refractivity contribution in [3.05, 3.63) is 42.5 Å². The Labute approximate surface area is 115 Å². The van der Waals surface area contributed by atoms with E-state index in [4.69, 9.17) is 0 Å². The third-order valence-corrected chi connectivity index (χ3v) is 5.23. The van der Waals surface area contributed by atoms with Crippen molar-refractivity contribution in [2.24, 2.45) is 5.41 Å². The maximum atomic E-state index is 12.5. The first kappa shape index (κ1) is 15.9. The van der Waals surface area contributed by atoms with Crippen LogP contribution in [0.3, 0.4) is 0 Å². The summed E-state index contributed by atoms with van der Waals surface area (Å²) in [4.78, 5) is 0.214. The third kappa shape index (κ3) is 3.45. The first-order valence-electron chi connectivity index (χ1n) is 6.22. The lowest BCUT2D eigenvalue weighted by molar-refractivity contribution is 0.0683. The molecular weight excluding hydrogens is 260 g/mol. The molecule has 106 valence electrons. The normalized spacial score (nSPS) is 15.8. The molecule has 0 saturated heterocycles. The summed E-state index contributed by atoms with van der Waals surface area (Å²) in [5.41, 5.74) is 0.460. The number of aliphatic hydroxyl groups is 1. The van der Waals surface area contributed by atoms with Gasteiger partial charge in [-0.1, -0.05) is 44.5 Å². The molecule has 0 spiro atoms. The molecule has 1 aromatic rings. The van der Waals surface area contributed by atoms with Crippen molar-refractivity contribution in [2.75, 3.05) is 0 Å². The zero-order valence-corrected chi connectivity index (χ0v) is 12.7. The zero-order chi connectivity index (χ0) is 14.8. The zero-order valence-electron chi connectivity index (χ0n) is 11.9.